The summed E-state index contributed by atoms with van der Waals surface area (Å²) in [6.45, 7) is 17.3. The molecule has 3 aromatic rings. The molecule has 284 valence electrons. The maximum atomic E-state index is 13.2. The minimum atomic E-state index is -4.26. The molecule has 1 aromatic carbocycles. The first-order chi connectivity index (χ1) is 24.2. The lowest BCUT2D eigenvalue weighted by molar-refractivity contribution is -0.145. The van der Waals surface area contributed by atoms with Gasteiger partial charge in [0.05, 0.1) is 41.2 Å². The van der Waals surface area contributed by atoms with E-state index in [0.717, 1.165) is 22.3 Å². The van der Waals surface area contributed by atoms with Gasteiger partial charge in [0.1, 0.15) is 23.9 Å². The zero-order valence-corrected chi connectivity index (χ0v) is 32.8. The number of primary amides is 1. The first kappa shape index (κ1) is 39.5. The Labute approximate surface area is 308 Å². The minimum absolute atomic E-state index is 0.0603. The third kappa shape index (κ3) is 9.27. The second-order valence-corrected chi connectivity index (χ2v) is 20.3. The molecule has 1 amide bonds. The minimum Gasteiger partial charge on any atom is -0.491 e. The lowest BCUT2D eigenvalue weighted by Crippen LogP contribution is -2.45. The number of carbonyl (C=O) groups is 1. The molecule has 2 aliphatic heterocycles. The van der Waals surface area contributed by atoms with Crippen molar-refractivity contribution in [2.45, 2.75) is 84.8 Å². The van der Waals surface area contributed by atoms with E-state index in [2.05, 4.69) is 43.9 Å². The van der Waals surface area contributed by atoms with Crippen LogP contribution in [0.3, 0.4) is 0 Å². The molecule has 0 saturated carbocycles. The third-order valence-corrected chi connectivity index (χ3v) is 14.9. The van der Waals surface area contributed by atoms with E-state index in [0.29, 0.717) is 77.6 Å². The number of benzene rings is 1. The molecule has 11 nitrogen and oxygen atoms in total. The number of nitrogens with zero attached hydrogens (tertiary/aromatic N) is 5. The molecule has 0 radical (unpaired) electrons. The molecule has 0 spiro atoms. The van der Waals surface area contributed by atoms with E-state index < -0.39 is 27.1 Å². The molecule has 2 aromatic heterocycles. The van der Waals surface area contributed by atoms with Gasteiger partial charge in [-0.1, -0.05) is 37.5 Å². The topological polar surface area (TPSA) is 129 Å². The maximum absolute atomic E-state index is 13.2. The van der Waals surface area contributed by atoms with Gasteiger partial charge in [-0.3, -0.25) is 4.90 Å². The zero-order chi connectivity index (χ0) is 38.2. The van der Waals surface area contributed by atoms with Gasteiger partial charge in [0.25, 0.3) is 0 Å². The van der Waals surface area contributed by atoms with Gasteiger partial charge in [-0.15, -0.1) is 0 Å². The molecule has 52 heavy (non-hydrogen) atoms. The molecule has 0 saturated heterocycles. The van der Waals surface area contributed by atoms with Gasteiger partial charge in [-0.05, 0) is 74.7 Å². The SMILES string of the molecule is Cc1noc(C)c1-c1nc(-c2cc(OCC(CCOC(N)=O)O[Si](C)(C)C(C)(C)C)ccc2Cl)nc(N2CC3=C(CN(CC(F)(F)F)CC3)C2)c1C. The number of halogens is 4. The lowest BCUT2D eigenvalue weighted by atomic mass is 10.0. The first-order valence-electron chi connectivity index (χ1n) is 17.3. The molecule has 4 heterocycles. The number of rotatable bonds is 12. The van der Waals surface area contributed by atoms with Crippen LogP contribution in [0.25, 0.3) is 22.6 Å². The van der Waals surface area contributed by atoms with Crippen LogP contribution in [0.15, 0.2) is 33.9 Å². The fourth-order valence-electron chi connectivity index (χ4n) is 6.35. The number of anilines is 1. The molecular weight excluding hydrogens is 717 g/mol. The van der Waals surface area contributed by atoms with Gasteiger partial charge in [0, 0.05) is 43.7 Å². The molecule has 0 aliphatic carbocycles. The van der Waals surface area contributed by atoms with Crippen LogP contribution in [0.4, 0.5) is 23.8 Å². The molecule has 1 unspecified atom stereocenters. The smallest absolute Gasteiger partial charge is 0.404 e. The van der Waals surface area contributed by atoms with Crippen LogP contribution in [0.1, 0.15) is 50.6 Å². The Morgan fingerprint density at radius 2 is 1.81 bits per heavy atom. The van der Waals surface area contributed by atoms with Crippen molar-refractivity contribution < 1.29 is 36.4 Å². The summed E-state index contributed by atoms with van der Waals surface area (Å²) >= 11 is 6.82. The van der Waals surface area contributed by atoms with Gasteiger partial charge in [-0.2, -0.15) is 13.2 Å². The van der Waals surface area contributed by atoms with Gasteiger partial charge >= 0.3 is 12.3 Å². The Morgan fingerprint density at radius 3 is 2.44 bits per heavy atom. The largest absolute Gasteiger partial charge is 0.491 e. The summed E-state index contributed by atoms with van der Waals surface area (Å²) in [7, 11) is -2.22. The van der Waals surface area contributed by atoms with E-state index in [-0.39, 0.29) is 30.9 Å². The van der Waals surface area contributed by atoms with Crippen molar-refractivity contribution in [3.05, 3.63) is 51.4 Å². The van der Waals surface area contributed by atoms with Crippen LogP contribution >= 0.6 is 11.6 Å². The zero-order valence-electron chi connectivity index (χ0n) is 31.0. The summed E-state index contributed by atoms with van der Waals surface area (Å²) in [5.41, 5.74) is 10.7. The predicted molar refractivity (Wildman–Crippen MR) is 196 cm³/mol. The normalized spacial score (nSPS) is 16.3. The summed E-state index contributed by atoms with van der Waals surface area (Å²) in [5.74, 6) is 2.09. The standard InChI is InChI=1S/C36H48ClF3N6O5Si/c1-21-31(30-22(2)44-50-23(30)3)42-32(43-33(21)46-17-24-11-13-45(16-25(24)18-46)20-36(38,39)40)28-15-26(9-10-29(28)37)49-19-27(12-14-48-34(41)47)51-52(7,8)35(4,5)6/h9-10,15,27H,11-14,16-20H2,1-8H3,(H2,41,47). The maximum Gasteiger partial charge on any atom is 0.404 e. The average molecular weight is 765 g/mol. The number of ether oxygens (including phenoxy) is 2. The van der Waals surface area contributed by atoms with Crippen molar-refractivity contribution in [1.29, 1.82) is 0 Å². The Hall–Kier alpha value is -3.66. The van der Waals surface area contributed by atoms with E-state index in [9.17, 15) is 18.0 Å². The Balaban J connectivity index is 1.46. The average Bonchev–Trinajstić information content (AvgIpc) is 3.60. The van der Waals surface area contributed by atoms with E-state index in [1.165, 1.54) is 4.90 Å². The quantitative estimate of drug-likeness (QED) is 0.143. The van der Waals surface area contributed by atoms with Gasteiger partial charge in [0.15, 0.2) is 14.1 Å². The van der Waals surface area contributed by atoms with Crippen molar-refractivity contribution in [3.63, 3.8) is 0 Å². The second kappa shape index (κ2) is 15.4. The van der Waals surface area contributed by atoms with Gasteiger partial charge in [-0.25, -0.2) is 14.8 Å². The molecule has 0 fully saturated rings. The number of hydrogen-bond donors (Lipinski definition) is 1. The Kier molecular flexibility index (Phi) is 11.7. The number of amides is 1. The third-order valence-electron chi connectivity index (χ3n) is 10.1. The van der Waals surface area contributed by atoms with Crippen LogP contribution in [-0.2, 0) is 9.16 Å². The van der Waals surface area contributed by atoms with Crippen molar-refractivity contribution in [3.8, 4) is 28.4 Å². The Bertz CT molecular complexity index is 1810. The fourth-order valence-corrected chi connectivity index (χ4v) is 7.93. The molecule has 2 N–H and O–H groups in total. The van der Waals surface area contributed by atoms with Crippen molar-refractivity contribution in [1.82, 2.24) is 20.0 Å². The highest BCUT2D eigenvalue weighted by atomic mass is 35.5. The lowest BCUT2D eigenvalue weighted by Gasteiger charge is -2.39. The number of alkyl halides is 3. The van der Waals surface area contributed by atoms with Crippen LogP contribution in [-0.4, -0.2) is 92.7 Å². The van der Waals surface area contributed by atoms with Crippen molar-refractivity contribution >= 4 is 31.8 Å². The molecule has 16 heteroatoms. The summed E-state index contributed by atoms with van der Waals surface area (Å²) in [6.07, 6.45) is -4.53. The summed E-state index contributed by atoms with van der Waals surface area (Å²) in [4.78, 5) is 24.9. The van der Waals surface area contributed by atoms with Crippen LogP contribution < -0.4 is 15.4 Å². The van der Waals surface area contributed by atoms with Crippen molar-refractivity contribution in [2.75, 3.05) is 50.8 Å². The molecule has 0 bridgehead atoms. The van der Waals surface area contributed by atoms with Gasteiger partial charge < -0.3 is 29.1 Å². The van der Waals surface area contributed by atoms with Crippen molar-refractivity contribution in [2.24, 2.45) is 5.73 Å². The predicted octanol–water partition coefficient (Wildman–Crippen LogP) is 8.02. The number of nitrogens with two attached hydrogens (primary N) is 1. The van der Waals surface area contributed by atoms with Gasteiger partial charge in [0.2, 0.25) is 0 Å². The molecule has 1 atom stereocenters. The van der Waals surface area contributed by atoms with E-state index >= 15 is 0 Å². The molecule has 5 rings (SSSR count). The monoisotopic (exact) mass is 764 g/mol. The summed E-state index contributed by atoms with van der Waals surface area (Å²) < 4.78 is 63.1. The first-order valence-corrected chi connectivity index (χ1v) is 20.6. The van der Waals surface area contributed by atoms with Crippen LogP contribution in [0.5, 0.6) is 5.75 Å². The van der Waals surface area contributed by atoms with Crippen LogP contribution in [0, 0.1) is 20.8 Å². The Morgan fingerprint density at radius 1 is 1.10 bits per heavy atom. The van der Waals surface area contributed by atoms with E-state index in [1.807, 2.05) is 20.8 Å². The van der Waals surface area contributed by atoms with Crippen LogP contribution in [0.2, 0.25) is 23.2 Å². The molecule has 2 aliphatic rings. The highest BCUT2D eigenvalue weighted by Crippen LogP contribution is 2.40. The summed E-state index contributed by atoms with van der Waals surface area (Å²) in [5, 5.41) is 4.50. The highest BCUT2D eigenvalue weighted by Gasteiger charge is 2.40. The molecular formula is C36H48ClF3N6O5Si. The summed E-state index contributed by atoms with van der Waals surface area (Å²) in [6, 6.07) is 5.25. The number of aromatic nitrogens is 3. The number of aryl methyl sites for hydroxylation is 2. The van der Waals surface area contributed by atoms with E-state index in [1.54, 1.807) is 18.2 Å². The second-order valence-electron chi connectivity index (χ2n) is 15.1. The number of hydrogen-bond acceptors (Lipinski definition) is 10. The highest BCUT2D eigenvalue weighted by molar-refractivity contribution is 6.74. The van der Waals surface area contributed by atoms with E-state index in [4.69, 9.17) is 45.7 Å². The fraction of sp³-hybridized carbons (Fsp3) is 0.556. The number of carbonyl (C=O) groups excluding carboxylic acids is 1.